The van der Waals surface area contributed by atoms with Crippen molar-refractivity contribution in [2.45, 2.75) is 25.8 Å². The van der Waals surface area contributed by atoms with Gasteiger partial charge in [0.2, 0.25) is 0 Å². The Kier molecular flexibility index (Phi) is 4.02. The van der Waals surface area contributed by atoms with Crippen molar-refractivity contribution in [2.75, 3.05) is 35.2 Å². The van der Waals surface area contributed by atoms with Crippen molar-refractivity contribution >= 4 is 33.8 Å². The molecule has 24 heavy (non-hydrogen) atoms. The molecule has 6 nitrogen and oxygen atoms in total. The predicted octanol–water partition coefficient (Wildman–Crippen LogP) is 2.86. The fourth-order valence-electron chi connectivity index (χ4n) is 3.10. The molecule has 1 saturated heterocycles. The van der Waals surface area contributed by atoms with Gasteiger partial charge < -0.3 is 20.3 Å². The molecule has 2 aromatic rings. The Balaban J connectivity index is 1.36. The van der Waals surface area contributed by atoms with Gasteiger partial charge in [0, 0.05) is 36.3 Å². The first-order valence-electron chi connectivity index (χ1n) is 8.18. The third-order valence-corrected chi connectivity index (χ3v) is 5.38. The summed E-state index contributed by atoms with van der Waals surface area (Å²) in [4.78, 5) is 18.2. The lowest BCUT2D eigenvalue weighted by Crippen LogP contribution is -2.39. The Labute approximate surface area is 144 Å². The van der Waals surface area contributed by atoms with Crippen LogP contribution in [0.5, 0.6) is 5.75 Å². The molecule has 0 spiro atoms. The number of hydrogen-bond donors (Lipinski definition) is 2. The molecule has 0 bridgehead atoms. The minimum absolute atomic E-state index is 0.0854. The van der Waals surface area contributed by atoms with Crippen LogP contribution >= 0.6 is 11.3 Å². The number of thiazole rings is 1. The van der Waals surface area contributed by atoms with E-state index in [2.05, 4.69) is 25.9 Å². The van der Waals surface area contributed by atoms with Crippen molar-refractivity contribution in [3.05, 3.63) is 29.3 Å². The maximum atomic E-state index is 11.3. The number of piperidine rings is 1. The molecule has 3 heterocycles. The number of nitrogens with zero attached hydrogens (tertiary/aromatic N) is 2. The van der Waals surface area contributed by atoms with Gasteiger partial charge in [-0.2, -0.15) is 0 Å². The van der Waals surface area contributed by atoms with Gasteiger partial charge in [0.1, 0.15) is 5.75 Å². The average Bonchev–Trinajstić information content (AvgIpc) is 3.02. The van der Waals surface area contributed by atoms with Crippen LogP contribution < -0.4 is 20.3 Å². The van der Waals surface area contributed by atoms with Crippen LogP contribution in [0, 0.1) is 6.92 Å². The largest absolute Gasteiger partial charge is 0.482 e. The Morgan fingerprint density at radius 1 is 1.38 bits per heavy atom. The first kappa shape index (κ1) is 15.3. The smallest absolute Gasteiger partial charge is 0.262 e. The van der Waals surface area contributed by atoms with Crippen LogP contribution in [0.25, 0.3) is 0 Å². The summed E-state index contributed by atoms with van der Waals surface area (Å²) in [6, 6.07) is 6.29. The standard InChI is InChI=1S/C17H20N4O2S/c1-11-10-24-17(18-11)21-6-4-12(5-7-21)19-13-2-3-14-15(8-13)23-9-16(22)20-14/h2-3,8,10,12,19H,4-7,9H2,1H3,(H,20,22). The summed E-state index contributed by atoms with van der Waals surface area (Å²) >= 11 is 1.72. The topological polar surface area (TPSA) is 66.5 Å². The second-order valence-electron chi connectivity index (χ2n) is 6.22. The Hall–Kier alpha value is -2.28. The molecule has 2 aliphatic rings. The second kappa shape index (κ2) is 6.32. The fraction of sp³-hybridized carbons (Fsp3) is 0.412. The number of hydrogen-bond acceptors (Lipinski definition) is 6. The van der Waals surface area contributed by atoms with Crippen molar-refractivity contribution in [3.63, 3.8) is 0 Å². The van der Waals surface area contributed by atoms with Gasteiger partial charge in [0.25, 0.3) is 5.91 Å². The van der Waals surface area contributed by atoms with Crippen molar-refractivity contribution in [1.29, 1.82) is 0 Å². The number of anilines is 3. The first-order valence-corrected chi connectivity index (χ1v) is 9.06. The van der Waals surface area contributed by atoms with Crippen molar-refractivity contribution in [1.82, 2.24) is 4.98 Å². The summed E-state index contributed by atoms with van der Waals surface area (Å²) in [5, 5.41) is 9.63. The van der Waals surface area contributed by atoms with Gasteiger partial charge in [0.15, 0.2) is 11.7 Å². The van der Waals surface area contributed by atoms with E-state index < -0.39 is 0 Å². The highest BCUT2D eigenvalue weighted by molar-refractivity contribution is 7.13. The van der Waals surface area contributed by atoms with Gasteiger partial charge in [-0.15, -0.1) is 11.3 Å². The highest BCUT2D eigenvalue weighted by Crippen LogP contribution is 2.32. The zero-order chi connectivity index (χ0) is 16.5. The third-order valence-electron chi connectivity index (χ3n) is 4.36. The summed E-state index contributed by atoms with van der Waals surface area (Å²) in [5.74, 6) is 0.628. The highest BCUT2D eigenvalue weighted by atomic mass is 32.1. The molecule has 0 radical (unpaired) electrons. The van der Waals surface area contributed by atoms with E-state index in [1.54, 1.807) is 11.3 Å². The van der Waals surface area contributed by atoms with Gasteiger partial charge >= 0.3 is 0 Å². The van der Waals surface area contributed by atoms with Crippen LogP contribution in [0.4, 0.5) is 16.5 Å². The fourth-order valence-corrected chi connectivity index (χ4v) is 3.96. The molecule has 1 aromatic heterocycles. The number of carbonyl (C=O) groups excluding carboxylic acids is 1. The summed E-state index contributed by atoms with van der Waals surface area (Å²) in [5.41, 5.74) is 2.87. The molecule has 1 amide bonds. The number of aryl methyl sites for hydroxylation is 1. The molecule has 2 aliphatic heterocycles. The van der Waals surface area contributed by atoms with Gasteiger partial charge in [0.05, 0.1) is 11.4 Å². The Bertz CT molecular complexity index is 753. The SMILES string of the molecule is Cc1csc(N2CCC(Nc3ccc4c(c3)OCC(=O)N4)CC2)n1. The normalized spacial score (nSPS) is 17.9. The second-order valence-corrected chi connectivity index (χ2v) is 7.06. The quantitative estimate of drug-likeness (QED) is 0.896. The minimum atomic E-state index is -0.104. The first-order chi connectivity index (χ1) is 11.7. The molecule has 4 rings (SSSR count). The maximum Gasteiger partial charge on any atom is 0.262 e. The number of rotatable bonds is 3. The van der Waals surface area contributed by atoms with Crippen LogP contribution in [0.1, 0.15) is 18.5 Å². The molecular formula is C17H20N4O2S. The molecule has 7 heteroatoms. The lowest BCUT2D eigenvalue weighted by molar-refractivity contribution is -0.118. The summed E-state index contributed by atoms with van der Waals surface area (Å²) in [6.45, 7) is 4.15. The van der Waals surface area contributed by atoms with E-state index >= 15 is 0 Å². The number of ether oxygens (including phenoxy) is 1. The lowest BCUT2D eigenvalue weighted by Gasteiger charge is -2.32. The van der Waals surface area contributed by atoms with Crippen molar-refractivity contribution in [2.24, 2.45) is 0 Å². The Morgan fingerprint density at radius 3 is 2.96 bits per heavy atom. The highest BCUT2D eigenvalue weighted by Gasteiger charge is 2.22. The van der Waals surface area contributed by atoms with Crippen LogP contribution in [0.3, 0.4) is 0 Å². The monoisotopic (exact) mass is 344 g/mol. The van der Waals surface area contributed by atoms with E-state index in [1.807, 2.05) is 25.1 Å². The molecule has 1 aromatic carbocycles. The van der Waals surface area contributed by atoms with E-state index in [4.69, 9.17) is 4.74 Å². The van der Waals surface area contributed by atoms with Crippen molar-refractivity contribution in [3.8, 4) is 5.75 Å². The zero-order valence-electron chi connectivity index (χ0n) is 13.5. The van der Waals surface area contributed by atoms with E-state index in [0.717, 1.165) is 53.9 Å². The molecule has 0 unspecified atom stereocenters. The summed E-state index contributed by atoms with van der Waals surface area (Å²) in [6.07, 6.45) is 2.15. The van der Waals surface area contributed by atoms with Gasteiger partial charge in [-0.3, -0.25) is 4.79 Å². The average molecular weight is 344 g/mol. The molecule has 126 valence electrons. The van der Waals surface area contributed by atoms with E-state index in [9.17, 15) is 4.79 Å². The number of aromatic nitrogens is 1. The number of benzene rings is 1. The van der Waals surface area contributed by atoms with E-state index in [-0.39, 0.29) is 12.5 Å². The molecular weight excluding hydrogens is 324 g/mol. The van der Waals surface area contributed by atoms with Crippen LogP contribution in [-0.4, -0.2) is 36.6 Å². The van der Waals surface area contributed by atoms with Gasteiger partial charge in [-0.05, 0) is 31.9 Å². The maximum absolute atomic E-state index is 11.3. The molecule has 1 fully saturated rings. The van der Waals surface area contributed by atoms with Crippen LogP contribution in [-0.2, 0) is 4.79 Å². The predicted molar refractivity (Wildman–Crippen MR) is 96.3 cm³/mol. The van der Waals surface area contributed by atoms with E-state index in [1.165, 1.54) is 0 Å². The van der Waals surface area contributed by atoms with Gasteiger partial charge in [-0.1, -0.05) is 0 Å². The number of fused-ring (bicyclic) bond motifs is 1. The summed E-state index contributed by atoms with van der Waals surface area (Å²) < 4.78 is 5.48. The number of nitrogens with one attached hydrogen (secondary N) is 2. The van der Waals surface area contributed by atoms with Crippen LogP contribution in [0.2, 0.25) is 0 Å². The zero-order valence-corrected chi connectivity index (χ0v) is 14.4. The molecule has 0 atom stereocenters. The lowest BCUT2D eigenvalue weighted by atomic mass is 10.0. The summed E-state index contributed by atoms with van der Waals surface area (Å²) in [7, 11) is 0. The van der Waals surface area contributed by atoms with E-state index in [0.29, 0.717) is 6.04 Å². The third kappa shape index (κ3) is 3.17. The molecule has 0 aliphatic carbocycles. The Morgan fingerprint density at radius 2 is 2.21 bits per heavy atom. The number of carbonyl (C=O) groups is 1. The minimum Gasteiger partial charge on any atom is -0.482 e. The van der Waals surface area contributed by atoms with Crippen molar-refractivity contribution < 1.29 is 9.53 Å². The van der Waals surface area contributed by atoms with Gasteiger partial charge in [-0.25, -0.2) is 4.98 Å². The molecule has 2 N–H and O–H groups in total. The number of amides is 1. The molecule has 0 saturated carbocycles. The van der Waals surface area contributed by atoms with Crippen LogP contribution in [0.15, 0.2) is 23.6 Å².